The van der Waals surface area contributed by atoms with Gasteiger partial charge in [-0.3, -0.25) is 9.59 Å². The minimum absolute atomic E-state index is 0.0388. The highest BCUT2D eigenvalue weighted by molar-refractivity contribution is 6.01. The monoisotopic (exact) mass is 236 g/mol. The van der Waals surface area contributed by atoms with Crippen LogP contribution in [0.3, 0.4) is 0 Å². The predicted octanol–water partition coefficient (Wildman–Crippen LogP) is 0.728. The van der Waals surface area contributed by atoms with E-state index in [0.717, 1.165) is 0 Å². The van der Waals surface area contributed by atoms with Crippen LogP contribution in [0.25, 0.3) is 0 Å². The number of ether oxygens (including phenoxy) is 1. The predicted molar refractivity (Wildman–Crippen MR) is 63.2 cm³/mol. The van der Waals surface area contributed by atoms with Crippen molar-refractivity contribution in [2.24, 2.45) is 17.4 Å². The van der Waals surface area contributed by atoms with Crippen LogP contribution >= 0.6 is 0 Å². The maximum absolute atomic E-state index is 11.6. The Balaban J connectivity index is 3.38. The zero-order valence-corrected chi connectivity index (χ0v) is 10.1. The summed E-state index contributed by atoms with van der Waals surface area (Å²) in [5.41, 5.74) is 11.4. The highest BCUT2D eigenvalue weighted by atomic mass is 16.5. The molecule has 0 saturated carbocycles. The smallest absolute Gasteiger partial charge is 0.250 e. The highest BCUT2D eigenvalue weighted by Crippen LogP contribution is 2.32. The molecule has 0 aromatic heterocycles. The first-order valence-corrected chi connectivity index (χ1v) is 5.22. The van der Waals surface area contributed by atoms with Crippen molar-refractivity contribution in [2.45, 2.75) is 20.8 Å². The van der Waals surface area contributed by atoms with Gasteiger partial charge < -0.3 is 16.2 Å². The van der Waals surface area contributed by atoms with Gasteiger partial charge in [-0.05, 0) is 20.8 Å². The lowest BCUT2D eigenvalue weighted by molar-refractivity contribution is -0.115. The molecule has 0 aromatic carbocycles. The largest absolute Gasteiger partial charge is 0.445 e. The molecule has 0 aliphatic carbocycles. The van der Waals surface area contributed by atoms with Crippen molar-refractivity contribution in [1.29, 1.82) is 0 Å². The number of primary amides is 1. The molecule has 1 rings (SSSR count). The molecule has 1 amide bonds. The van der Waals surface area contributed by atoms with E-state index in [2.05, 4.69) is 0 Å². The van der Waals surface area contributed by atoms with Crippen LogP contribution in [0.2, 0.25) is 0 Å². The second-order valence-electron chi connectivity index (χ2n) is 3.77. The second kappa shape index (κ2) is 4.86. The molecule has 0 fully saturated rings. The zero-order valence-electron chi connectivity index (χ0n) is 10.1. The number of carbonyl (C=O) groups excluding carboxylic acids is 2. The molecule has 0 aromatic rings. The minimum Gasteiger partial charge on any atom is -0.445 e. The summed E-state index contributed by atoms with van der Waals surface area (Å²) in [7, 11) is 0. The first kappa shape index (κ1) is 13.0. The Morgan fingerprint density at radius 1 is 1.35 bits per heavy atom. The molecule has 17 heavy (non-hydrogen) atoms. The second-order valence-corrected chi connectivity index (χ2v) is 3.77. The van der Waals surface area contributed by atoms with E-state index in [0.29, 0.717) is 11.3 Å². The summed E-state index contributed by atoms with van der Waals surface area (Å²) in [5.74, 6) is -1.01. The Bertz CT molecular complexity index is 422. The number of carbonyl (C=O) groups is 2. The van der Waals surface area contributed by atoms with Gasteiger partial charge in [0.1, 0.15) is 5.76 Å². The van der Waals surface area contributed by atoms with Crippen molar-refractivity contribution in [3.05, 3.63) is 34.9 Å². The van der Waals surface area contributed by atoms with Crippen LogP contribution in [0.1, 0.15) is 20.8 Å². The molecule has 1 atom stereocenters. The third-order valence-corrected chi connectivity index (χ3v) is 2.56. The summed E-state index contributed by atoms with van der Waals surface area (Å²) < 4.78 is 5.19. The third kappa shape index (κ3) is 2.38. The molecule has 1 unspecified atom stereocenters. The summed E-state index contributed by atoms with van der Waals surface area (Å²) in [6.07, 6.45) is 3.44. The van der Waals surface area contributed by atoms with Crippen LogP contribution in [0.15, 0.2) is 34.9 Å². The van der Waals surface area contributed by atoms with Crippen molar-refractivity contribution in [3.8, 4) is 0 Å². The summed E-state index contributed by atoms with van der Waals surface area (Å²) in [6, 6.07) is 0. The molecular formula is C12H16N2O3. The molecule has 0 saturated heterocycles. The fraction of sp³-hybridized carbons (Fsp3) is 0.333. The quantitative estimate of drug-likeness (QED) is 0.706. The molecule has 92 valence electrons. The van der Waals surface area contributed by atoms with Gasteiger partial charge in [0.2, 0.25) is 0 Å². The summed E-state index contributed by atoms with van der Waals surface area (Å²) >= 11 is 0. The van der Waals surface area contributed by atoms with Crippen LogP contribution in [0.5, 0.6) is 0 Å². The average molecular weight is 236 g/mol. The van der Waals surface area contributed by atoms with Crippen LogP contribution in [0.4, 0.5) is 0 Å². The molecule has 4 N–H and O–H groups in total. The Kier molecular flexibility index (Phi) is 3.73. The zero-order chi connectivity index (χ0) is 13.2. The standard InChI is InChI=1S/C12H16N2O3/c1-4-5-8-9(6(2)15)7(3)17-12(14)10(8)11(13)16/h4-5,8H,14H2,1-3H3,(H2,13,16)/b5-4+. The van der Waals surface area contributed by atoms with Crippen LogP contribution in [-0.2, 0) is 14.3 Å². The normalized spacial score (nSPS) is 20.8. The summed E-state index contributed by atoms with van der Waals surface area (Å²) in [5, 5.41) is 0. The lowest BCUT2D eigenvalue weighted by Crippen LogP contribution is -2.31. The van der Waals surface area contributed by atoms with Crippen LogP contribution < -0.4 is 11.5 Å². The molecule has 0 spiro atoms. The van der Waals surface area contributed by atoms with Gasteiger partial charge in [-0.1, -0.05) is 12.2 Å². The first-order chi connectivity index (χ1) is 7.90. The van der Waals surface area contributed by atoms with E-state index in [4.69, 9.17) is 16.2 Å². The number of ketones is 1. The maximum Gasteiger partial charge on any atom is 0.250 e. The van der Waals surface area contributed by atoms with E-state index in [1.165, 1.54) is 6.92 Å². The number of hydrogen-bond acceptors (Lipinski definition) is 4. The van der Waals surface area contributed by atoms with Gasteiger partial charge in [-0.15, -0.1) is 0 Å². The number of allylic oxidation sites excluding steroid dienone is 4. The van der Waals surface area contributed by atoms with Crippen molar-refractivity contribution in [2.75, 3.05) is 0 Å². The van der Waals surface area contributed by atoms with Crippen LogP contribution in [0, 0.1) is 5.92 Å². The fourth-order valence-electron chi connectivity index (χ4n) is 1.92. The number of nitrogens with two attached hydrogens (primary N) is 2. The van der Waals surface area contributed by atoms with Gasteiger partial charge in [0.25, 0.3) is 5.91 Å². The number of Topliss-reactive ketones (excluding diaryl/α,β-unsaturated/α-hetero) is 1. The molecule has 1 aliphatic rings. The number of hydrogen-bond donors (Lipinski definition) is 2. The topological polar surface area (TPSA) is 95.4 Å². The van der Waals surface area contributed by atoms with E-state index in [1.807, 2.05) is 0 Å². The van der Waals surface area contributed by atoms with Crippen molar-refractivity contribution >= 4 is 11.7 Å². The van der Waals surface area contributed by atoms with Crippen molar-refractivity contribution in [1.82, 2.24) is 0 Å². The summed E-state index contributed by atoms with van der Waals surface area (Å²) in [6.45, 7) is 4.84. The van der Waals surface area contributed by atoms with E-state index < -0.39 is 11.8 Å². The van der Waals surface area contributed by atoms with Gasteiger partial charge in [0, 0.05) is 11.5 Å². The maximum atomic E-state index is 11.6. The molecule has 1 heterocycles. The summed E-state index contributed by atoms with van der Waals surface area (Å²) in [4.78, 5) is 22.9. The van der Waals surface area contributed by atoms with Crippen LogP contribution in [-0.4, -0.2) is 11.7 Å². The third-order valence-electron chi connectivity index (χ3n) is 2.56. The van der Waals surface area contributed by atoms with Gasteiger partial charge >= 0.3 is 0 Å². The molecular weight excluding hydrogens is 220 g/mol. The molecule has 5 heteroatoms. The van der Waals surface area contributed by atoms with E-state index in [9.17, 15) is 9.59 Å². The van der Waals surface area contributed by atoms with E-state index in [-0.39, 0.29) is 17.2 Å². The van der Waals surface area contributed by atoms with Gasteiger partial charge in [-0.2, -0.15) is 0 Å². The minimum atomic E-state index is -0.683. The Hall–Kier alpha value is -2.04. The Morgan fingerprint density at radius 2 is 1.94 bits per heavy atom. The molecule has 0 radical (unpaired) electrons. The molecule has 5 nitrogen and oxygen atoms in total. The molecule has 1 aliphatic heterocycles. The van der Waals surface area contributed by atoms with Gasteiger partial charge in [0.05, 0.1) is 5.57 Å². The Labute approximate surface area is 99.8 Å². The lowest BCUT2D eigenvalue weighted by atomic mass is 9.85. The Morgan fingerprint density at radius 3 is 2.35 bits per heavy atom. The van der Waals surface area contributed by atoms with Gasteiger partial charge in [0.15, 0.2) is 11.7 Å². The number of rotatable bonds is 3. The number of amides is 1. The SMILES string of the molecule is C/C=C/C1C(C(C)=O)=C(C)OC(N)=C1C(N)=O. The molecule has 0 bridgehead atoms. The van der Waals surface area contributed by atoms with E-state index in [1.54, 1.807) is 26.0 Å². The first-order valence-electron chi connectivity index (χ1n) is 5.22. The average Bonchev–Trinajstić information content (AvgIpc) is 2.15. The van der Waals surface area contributed by atoms with Crippen molar-refractivity contribution < 1.29 is 14.3 Å². The fourth-order valence-corrected chi connectivity index (χ4v) is 1.92. The highest BCUT2D eigenvalue weighted by Gasteiger charge is 2.33. The lowest BCUT2D eigenvalue weighted by Gasteiger charge is -2.25. The van der Waals surface area contributed by atoms with E-state index >= 15 is 0 Å². The van der Waals surface area contributed by atoms with Crippen molar-refractivity contribution in [3.63, 3.8) is 0 Å². The van der Waals surface area contributed by atoms with Gasteiger partial charge in [-0.25, -0.2) is 0 Å².